The third-order valence-corrected chi connectivity index (χ3v) is 3.64. The summed E-state index contributed by atoms with van der Waals surface area (Å²) in [5.41, 5.74) is 1.71. The predicted octanol–water partition coefficient (Wildman–Crippen LogP) is 1.92. The van der Waals surface area contributed by atoms with E-state index in [9.17, 15) is 0 Å². The Kier molecular flexibility index (Phi) is 5.65. The summed E-state index contributed by atoms with van der Waals surface area (Å²) in [6, 6.07) is 7.89. The van der Waals surface area contributed by atoms with Crippen LogP contribution in [0.5, 0.6) is 0 Å². The summed E-state index contributed by atoms with van der Waals surface area (Å²) in [6.45, 7) is 5.04. The molecule has 0 spiro atoms. The van der Waals surface area contributed by atoms with Crippen LogP contribution in [0, 0.1) is 6.92 Å². The predicted molar refractivity (Wildman–Crippen MR) is 83.3 cm³/mol. The number of hydrogen-bond donors (Lipinski definition) is 2. The zero-order valence-corrected chi connectivity index (χ0v) is 13.3. The normalized spacial score (nSPS) is 14.0. The molecule has 0 bridgehead atoms. The fourth-order valence-electron chi connectivity index (χ4n) is 2.32. The Morgan fingerprint density at radius 2 is 2.14 bits per heavy atom. The van der Waals surface area contributed by atoms with Crippen molar-refractivity contribution in [2.75, 3.05) is 20.3 Å². The van der Waals surface area contributed by atoms with Gasteiger partial charge in [0.15, 0.2) is 5.82 Å². The summed E-state index contributed by atoms with van der Waals surface area (Å²) in [5, 5.41) is 16.5. The lowest BCUT2D eigenvalue weighted by molar-refractivity contribution is 0.0963. The van der Waals surface area contributed by atoms with E-state index >= 15 is 0 Å². The fourth-order valence-corrected chi connectivity index (χ4v) is 2.32. The molecule has 0 saturated heterocycles. The second-order valence-corrected chi connectivity index (χ2v) is 5.65. The number of ether oxygens (including phenoxy) is 1. The van der Waals surface area contributed by atoms with Crippen molar-refractivity contribution in [1.82, 2.24) is 15.5 Å². The Hall–Kier alpha value is -1.76. The minimum absolute atomic E-state index is 0.0908. The van der Waals surface area contributed by atoms with Gasteiger partial charge in [0.25, 0.3) is 5.89 Å². The molecular formula is C16H23N3O3. The molecule has 0 aliphatic rings. The largest absolute Gasteiger partial charge is 0.396 e. The molecule has 1 aromatic heterocycles. The van der Waals surface area contributed by atoms with Crippen LogP contribution in [0.4, 0.5) is 0 Å². The van der Waals surface area contributed by atoms with Crippen LogP contribution < -0.4 is 5.32 Å². The van der Waals surface area contributed by atoms with E-state index in [1.54, 1.807) is 7.11 Å². The molecule has 1 aromatic carbocycles. The molecular weight excluding hydrogens is 282 g/mol. The molecule has 0 radical (unpaired) electrons. The Balaban J connectivity index is 2.05. The van der Waals surface area contributed by atoms with E-state index in [-0.39, 0.29) is 12.1 Å². The van der Waals surface area contributed by atoms with Gasteiger partial charge < -0.3 is 19.7 Å². The summed E-state index contributed by atoms with van der Waals surface area (Å²) in [6.07, 6.45) is 0.587. The number of aryl methyl sites for hydroxylation is 1. The summed E-state index contributed by atoms with van der Waals surface area (Å²) >= 11 is 0. The smallest absolute Gasteiger partial charge is 0.258 e. The van der Waals surface area contributed by atoms with Crippen molar-refractivity contribution < 1.29 is 14.4 Å². The van der Waals surface area contributed by atoms with Crippen LogP contribution in [0.2, 0.25) is 0 Å². The molecule has 0 aliphatic carbocycles. The molecule has 2 aromatic rings. The lowest BCUT2D eigenvalue weighted by Gasteiger charge is -2.28. The first-order chi connectivity index (χ1) is 10.6. The monoisotopic (exact) mass is 305 g/mol. The van der Waals surface area contributed by atoms with Gasteiger partial charge in [-0.05, 0) is 31.9 Å². The molecule has 1 atom stereocenters. The molecule has 2 rings (SSSR count). The maximum absolute atomic E-state index is 9.16. The second-order valence-electron chi connectivity index (χ2n) is 5.65. The molecule has 120 valence electrons. The summed E-state index contributed by atoms with van der Waals surface area (Å²) in [5.74, 6) is 1.10. The molecule has 0 aliphatic heterocycles. The lowest BCUT2D eigenvalue weighted by Crippen LogP contribution is -2.46. The van der Waals surface area contributed by atoms with Crippen LogP contribution in [0.25, 0.3) is 11.5 Å². The van der Waals surface area contributed by atoms with Crippen LogP contribution in [0.15, 0.2) is 28.8 Å². The standard InChI is InChI=1S/C16H23N3O3/c1-12-6-4-5-7-13(12)15-18-14(19-22-15)10-17-16(2,8-9-20)11-21-3/h4-7,17,20H,8-11H2,1-3H3. The molecule has 1 unspecified atom stereocenters. The summed E-state index contributed by atoms with van der Waals surface area (Å²) in [4.78, 5) is 4.42. The van der Waals surface area contributed by atoms with Gasteiger partial charge >= 0.3 is 0 Å². The summed E-state index contributed by atoms with van der Waals surface area (Å²) in [7, 11) is 1.64. The summed E-state index contributed by atoms with van der Waals surface area (Å²) < 4.78 is 10.5. The van der Waals surface area contributed by atoms with Crippen LogP contribution in [0.1, 0.15) is 24.7 Å². The van der Waals surface area contributed by atoms with Crippen molar-refractivity contribution in [2.24, 2.45) is 0 Å². The third-order valence-electron chi connectivity index (χ3n) is 3.64. The number of hydrogen-bond acceptors (Lipinski definition) is 6. The van der Waals surface area contributed by atoms with E-state index in [2.05, 4.69) is 15.5 Å². The van der Waals surface area contributed by atoms with E-state index in [4.69, 9.17) is 14.4 Å². The van der Waals surface area contributed by atoms with Crippen LogP contribution >= 0.6 is 0 Å². The highest BCUT2D eigenvalue weighted by atomic mass is 16.5. The van der Waals surface area contributed by atoms with E-state index in [0.29, 0.717) is 31.3 Å². The molecule has 2 N–H and O–H groups in total. The van der Waals surface area contributed by atoms with Crippen molar-refractivity contribution in [1.29, 1.82) is 0 Å². The maximum Gasteiger partial charge on any atom is 0.258 e. The van der Waals surface area contributed by atoms with Crippen LogP contribution in [-0.4, -0.2) is 41.1 Å². The van der Waals surface area contributed by atoms with Gasteiger partial charge in [-0.2, -0.15) is 4.98 Å². The Morgan fingerprint density at radius 1 is 1.36 bits per heavy atom. The average molecular weight is 305 g/mol. The number of aromatic nitrogens is 2. The van der Waals surface area contributed by atoms with E-state index in [0.717, 1.165) is 11.1 Å². The Labute approximate surface area is 130 Å². The third kappa shape index (κ3) is 4.13. The van der Waals surface area contributed by atoms with Crippen LogP contribution in [0.3, 0.4) is 0 Å². The fraction of sp³-hybridized carbons (Fsp3) is 0.500. The second kappa shape index (κ2) is 7.49. The Bertz CT molecular complexity index is 592. The molecule has 6 nitrogen and oxygen atoms in total. The van der Waals surface area contributed by atoms with E-state index in [1.165, 1.54) is 0 Å². The zero-order chi connectivity index (χ0) is 16.0. The topological polar surface area (TPSA) is 80.4 Å². The first kappa shape index (κ1) is 16.6. The molecule has 22 heavy (non-hydrogen) atoms. The number of nitrogens with zero attached hydrogens (tertiary/aromatic N) is 2. The number of nitrogens with one attached hydrogen (secondary N) is 1. The number of aliphatic hydroxyl groups excluding tert-OH is 1. The molecule has 0 fully saturated rings. The van der Waals surface area contributed by atoms with Crippen molar-refractivity contribution in [2.45, 2.75) is 32.4 Å². The van der Waals surface area contributed by atoms with Gasteiger partial charge in [-0.3, -0.25) is 0 Å². The van der Waals surface area contributed by atoms with Crippen molar-refractivity contribution >= 4 is 0 Å². The van der Waals surface area contributed by atoms with Gasteiger partial charge in [-0.25, -0.2) is 0 Å². The SMILES string of the molecule is COCC(C)(CCO)NCc1noc(-c2ccccc2C)n1. The minimum Gasteiger partial charge on any atom is -0.396 e. The molecule has 1 heterocycles. The number of benzene rings is 1. The highest BCUT2D eigenvalue weighted by Gasteiger charge is 2.24. The Morgan fingerprint density at radius 3 is 2.82 bits per heavy atom. The first-order valence-electron chi connectivity index (χ1n) is 7.31. The van der Waals surface area contributed by atoms with Gasteiger partial charge in [0, 0.05) is 24.8 Å². The molecule has 0 amide bonds. The van der Waals surface area contributed by atoms with Crippen molar-refractivity contribution in [3.63, 3.8) is 0 Å². The quantitative estimate of drug-likeness (QED) is 0.775. The van der Waals surface area contributed by atoms with Crippen LogP contribution in [-0.2, 0) is 11.3 Å². The van der Waals surface area contributed by atoms with Crippen molar-refractivity contribution in [3.8, 4) is 11.5 Å². The van der Waals surface area contributed by atoms with E-state index < -0.39 is 0 Å². The molecule has 0 saturated carbocycles. The minimum atomic E-state index is -0.326. The maximum atomic E-state index is 9.16. The van der Waals surface area contributed by atoms with Gasteiger partial charge in [-0.1, -0.05) is 23.4 Å². The first-order valence-corrected chi connectivity index (χ1v) is 7.31. The number of methoxy groups -OCH3 is 1. The highest BCUT2D eigenvalue weighted by Crippen LogP contribution is 2.21. The highest BCUT2D eigenvalue weighted by molar-refractivity contribution is 5.57. The number of rotatable bonds is 8. The van der Waals surface area contributed by atoms with Gasteiger partial charge in [0.1, 0.15) is 0 Å². The van der Waals surface area contributed by atoms with E-state index in [1.807, 2.05) is 38.1 Å². The van der Waals surface area contributed by atoms with Gasteiger partial charge in [0.2, 0.25) is 0 Å². The molecule has 6 heteroatoms. The lowest BCUT2D eigenvalue weighted by atomic mass is 9.99. The zero-order valence-electron chi connectivity index (χ0n) is 13.3. The van der Waals surface area contributed by atoms with Gasteiger partial charge in [0.05, 0.1) is 13.2 Å². The average Bonchev–Trinajstić information content (AvgIpc) is 2.95. The van der Waals surface area contributed by atoms with Crippen molar-refractivity contribution in [3.05, 3.63) is 35.7 Å². The van der Waals surface area contributed by atoms with Gasteiger partial charge in [-0.15, -0.1) is 0 Å². The number of aliphatic hydroxyl groups is 1.